The van der Waals surface area contributed by atoms with Crippen LogP contribution in [0.25, 0.3) is 54.9 Å². The maximum Gasteiger partial charge on any atom is 0.188 e. The second-order valence-electron chi connectivity index (χ2n) is 15.4. The fourth-order valence-corrected chi connectivity index (χ4v) is 8.71. The number of nitrogens with zero attached hydrogens (tertiary/aromatic N) is 6. The van der Waals surface area contributed by atoms with Crippen molar-refractivity contribution in [2.45, 2.75) is 99.2 Å². The molecule has 10 nitrogen and oxygen atoms in total. The maximum atomic E-state index is 11.7. The summed E-state index contributed by atoms with van der Waals surface area (Å²) in [5.74, 6) is 1.19. The molecule has 13 heteroatoms. The van der Waals surface area contributed by atoms with Gasteiger partial charge in [-0.3, -0.25) is 4.79 Å². The molecule has 6 aromatic rings. The Morgan fingerprint density at radius 3 is 2.22 bits per heavy atom. The molecule has 0 amide bonds. The number of rotatable bonds is 10. The molecule has 0 aliphatic rings. The number of pyridine rings is 1. The van der Waals surface area contributed by atoms with Gasteiger partial charge in [0.15, 0.2) is 17.3 Å². The summed E-state index contributed by atoms with van der Waals surface area (Å²) in [5.41, 5.74) is 4.31. The third-order valence-corrected chi connectivity index (χ3v) is 13.8. The Bertz CT molecular complexity index is 2450. The zero-order chi connectivity index (χ0) is 39.5. The van der Waals surface area contributed by atoms with E-state index in [-0.39, 0.29) is 54.5 Å². The molecule has 0 saturated heterocycles. The molecule has 0 aliphatic heterocycles. The summed E-state index contributed by atoms with van der Waals surface area (Å²) in [4.78, 5) is 21.0. The molecule has 4 aromatic heterocycles. The minimum absolute atomic E-state index is 0. The second kappa shape index (κ2) is 17.5. The van der Waals surface area contributed by atoms with E-state index in [4.69, 9.17) is 8.83 Å². The van der Waals surface area contributed by atoms with Gasteiger partial charge in [-0.15, -0.1) is 45.3 Å². The average Bonchev–Trinajstić information content (AvgIpc) is 3.89. The van der Waals surface area contributed by atoms with E-state index in [1.54, 1.807) is 18.3 Å². The molecule has 55 heavy (non-hydrogen) atoms. The molecule has 0 atom stereocenters. The Balaban J connectivity index is 0.000000360. The van der Waals surface area contributed by atoms with Crippen LogP contribution in [0.3, 0.4) is 0 Å². The van der Waals surface area contributed by atoms with E-state index in [0.29, 0.717) is 60.9 Å². The number of furan rings is 1. The van der Waals surface area contributed by atoms with Crippen LogP contribution in [0.4, 0.5) is 0 Å². The zero-order valence-electron chi connectivity index (χ0n) is 33.0. The van der Waals surface area contributed by atoms with Crippen LogP contribution in [0.5, 0.6) is 0 Å². The van der Waals surface area contributed by atoms with E-state index in [1.807, 2.05) is 60.6 Å². The quantitative estimate of drug-likeness (QED) is 0.0605. The van der Waals surface area contributed by atoms with E-state index in [1.165, 1.54) is 17.4 Å². The van der Waals surface area contributed by atoms with Gasteiger partial charge in [0.2, 0.25) is 0 Å². The summed E-state index contributed by atoms with van der Waals surface area (Å²) in [6.45, 7) is 20.8. The van der Waals surface area contributed by atoms with Crippen LogP contribution in [0.1, 0.15) is 91.2 Å². The zero-order valence-corrected chi connectivity index (χ0v) is 37.3. The van der Waals surface area contributed by atoms with Gasteiger partial charge in [0.05, 0.1) is 33.2 Å². The number of aliphatic hydroxyl groups excluding tert-OH is 1. The maximum absolute atomic E-state index is 11.7. The van der Waals surface area contributed by atoms with Crippen molar-refractivity contribution >= 4 is 62.9 Å². The van der Waals surface area contributed by atoms with Crippen LogP contribution < -0.4 is 4.63 Å². The van der Waals surface area contributed by atoms with Gasteiger partial charge >= 0.3 is 0 Å². The molecule has 0 bridgehead atoms. The van der Waals surface area contributed by atoms with Crippen molar-refractivity contribution < 1.29 is 38.8 Å². The van der Waals surface area contributed by atoms with Crippen molar-refractivity contribution in [1.29, 1.82) is 10.5 Å². The molecule has 0 aliphatic carbocycles. The minimum atomic E-state index is -1.72. The Morgan fingerprint density at radius 1 is 0.982 bits per heavy atom. The minimum Gasteiger partial charge on any atom is -0.512 e. The van der Waals surface area contributed by atoms with E-state index in [0.717, 1.165) is 35.7 Å². The number of ketones is 1. The summed E-state index contributed by atoms with van der Waals surface area (Å²) < 4.78 is 13.3. The number of carbonyl (C=O) groups is 1. The van der Waals surface area contributed by atoms with Crippen molar-refractivity contribution in [3.05, 3.63) is 65.4 Å². The monoisotopic (exact) mass is 952 g/mol. The van der Waals surface area contributed by atoms with Gasteiger partial charge in [0.1, 0.15) is 30.3 Å². The number of benzene rings is 2. The van der Waals surface area contributed by atoms with Crippen molar-refractivity contribution in [2.24, 2.45) is 11.8 Å². The molecule has 1 radical (unpaired) electrons. The molecular formula is C42H47IrN6O4SSi-. The number of aliphatic hydroxyl groups is 1. The number of aromatic nitrogens is 4. The van der Waals surface area contributed by atoms with Crippen LogP contribution >= 0.6 is 11.3 Å². The third kappa shape index (κ3) is 8.97. The standard InChI is InChI=1S/C29H23N6O2SSi.C13H24O2.Ir/c1-29(2,3)27-33-20-12-15(7-8-21(20)36-27)23-25-17(9-10-32-23)18-11-16(13-30)22(19(14-31)24(18)37-25)26-34-35-28(38-26)39(4,5)6;1-5-10(6-2)12(14)9-13(15)11(7-3)8-4;/h8-12H,1-6H3;9-11,14H,5-8H2,1-4H3;/q-1;;/b;12-9-;. The number of oxazole rings is 1. The molecule has 0 unspecified atom stereocenters. The average molecular weight is 952 g/mol. The Labute approximate surface area is 341 Å². The summed E-state index contributed by atoms with van der Waals surface area (Å²) in [7, 11) is -1.72. The van der Waals surface area contributed by atoms with Crippen molar-refractivity contribution in [2.75, 3.05) is 0 Å². The normalized spacial score (nSPS) is 12.1. The molecule has 2 aromatic carbocycles. The summed E-state index contributed by atoms with van der Waals surface area (Å²) in [6.07, 6.45) is 6.59. The van der Waals surface area contributed by atoms with Crippen LogP contribution in [0.2, 0.25) is 19.6 Å². The summed E-state index contributed by atoms with van der Waals surface area (Å²) in [5, 5.41) is 40.8. The van der Waals surface area contributed by atoms with Crippen molar-refractivity contribution in [3.8, 4) is 34.0 Å². The number of carbonyl (C=O) groups excluding carboxylic acids is 1. The first-order chi connectivity index (χ1) is 25.6. The number of hydrogen-bond acceptors (Lipinski definition) is 11. The van der Waals surface area contributed by atoms with E-state index >= 15 is 0 Å². The van der Waals surface area contributed by atoms with E-state index in [2.05, 4.69) is 58.0 Å². The second-order valence-corrected chi connectivity index (χ2v) is 21.8. The summed E-state index contributed by atoms with van der Waals surface area (Å²) in [6, 6.07) is 15.0. The summed E-state index contributed by atoms with van der Waals surface area (Å²) >= 11 is 1.43. The molecule has 0 saturated carbocycles. The topological polar surface area (TPSA) is 163 Å². The van der Waals surface area contributed by atoms with Crippen molar-refractivity contribution in [3.63, 3.8) is 0 Å². The largest absolute Gasteiger partial charge is 0.512 e. The van der Waals surface area contributed by atoms with E-state index in [9.17, 15) is 20.4 Å². The molecule has 6 rings (SSSR count). The molecular weight excluding hydrogens is 905 g/mol. The predicted octanol–water partition coefficient (Wildman–Crippen LogP) is 10.6. The first-order valence-electron chi connectivity index (χ1n) is 18.4. The van der Waals surface area contributed by atoms with E-state index < -0.39 is 8.07 Å². The number of hydrogen-bond donors (Lipinski definition) is 1. The first-order valence-corrected chi connectivity index (χ1v) is 22.7. The number of fused-ring (bicyclic) bond motifs is 4. The number of nitriles is 2. The number of allylic oxidation sites excluding steroid dienone is 2. The van der Waals surface area contributed by atoms with Gasteiger partial charge in [-0.25, -0.2) is 4.98 Å². The van der Waals surface area contributed by atoms with Gasteiger partial charge in [-0.2, -0.15) is 10.5 Å². The smallest absolute Gasteiger partial charge is 0.188 e. The fourth-order valence-electron chi connectivity index (χ4n) is 6.18. The molecule has 0 spiro atoms. The Hall–Kier alpha value is -4.52. The van der Waals surface area contributed by atoms with Crippen LogP contribution in [-0.2, 0) is 30.3 Å². The molecule has 289 valence electrons. The van der Waals surface area contributed by atoms with Crippen molar-refractivity contribution in [1.82, 2.24) is 20.2 Å². The van der Waals surface area contributed by atoms with Crippen LogP contribution in [0, 0.1) is 40.6 Å². The molecule has 1 N–H and O–H groups in total. The molecule has 0 fully saturated rings. The van der Waals surface area contributed by atoms with Gasteiger partial charge in [-0.1, -0.05) is 68.1 Å². The Kier molecular flexibility index (Phi) is 13.8. The molecule has 4 heterocycles. The van der Waals surface area contributed by atoms with Gasteiger partial charge in [-0.05, 0) is 37.8 Å². The van der Waals surface area contributed by atoms with Crippen LogP contribution in [-0.4, -0.2) is 39.1 Å². The van der Waals surface area contributed by atoms with Gasteiger partial charge in [0, 0.05) is 71.6 Å². The van der Waals surface area contributed by atoms with Gasteiger partial charge < -0.3 is 18.9 Å². The van der Waals surface area contributed by atoms with Gasteiger partial charge in [0.25, 0.3) is 0 Å². The Morgan fingerprint density at radius 2 is 1.65 bits per heavy atom. The predicted molar refractivity (Wildman–Crippen MR) is 217 cm³/mol. The third-order valence-electron chi connectivity index (χ3n) is 9.49. The van der Waals surface area contributed by atoms with Crippen LogP contribution in [0.15, 0.2) is 51.1 Å². The first kappa shape index (κ1) is 43.2. The SMILES string of the molecule is CC(C)(C)c1nc2cc(-c3nccc4c3oc3c(C#N)c(-c5nnc([Si](C)(C)C)s5)c(C#N)cc34)[c-]cc2o1.CCC(CC)C(=O)/C=C(\O)C(CC)CC.[Ir]. The fraction of sp³-hybridized carbons (Fsp3) is 0.405.